The summed E-state index contributed by atoms with van der Waals surface area (Å²) in [4.78, 5) is 7.56. The number of nitrogens with one attached hydrogen (secondary N) is 1. The number of nitrogens with zero attached hydrogens (tertiary/aromatic N) is 1. The molecule has 0 unspecified atom stereocenters. The van der Waals surface area contributed by atoms with Gasteiger partial charge in [-0.25, -0.2) is 4.98 Å². The van der Waals surface area contributed by atoms with E-state index in [-0.39, 0.29) is 5.75 Å². The van der Waals surface area contributed by atoms with E-state index in [1.165, 1.54) is 0 Å². The van der Waals surface area contributed by atoms with Crippen LogP contribution in [0.15, 0.2) is 42.5 Å². The van der Waals surface area contributed by atoms with Crippen LogP contribution in [-0.4, -0.2) is 15.1 Å². The number of H-pyrrole nitrogens is 1. The van der Waals surface area contributed by atoms with Gasteiger partial charge in [-0.3, -0.25) is 0 Å². The number of phenolic OH excluding ortho intramolecular Hbond substituents is 1. The minimum absolute atomic E-state index is 0.208. The van der Waals surface area contributed by atoms with Gasteiger partial charge in [-0.1, -0.05) is 12.1 Å². The number of hydrogen-bond acceptors (Lipinski definition) is 3. The first kappa shape index (κ1) is 9.72. The topological polar surface area (TPSA) is 74.9 Å². The van der Waals surface area contributed by atoms with Crippen molar-refractivity contribution in [3.8, 4) is 17.1 Å². The molecule has 0 aliphatic carbocycles. The molecule has 3 rings (SSSR count). The maximum atomic E-state index is 9.76. The second kappa shape index (κ2) is 3.52. The molecule has 0 aliphatic heterocycles. The average molecular weight is 225 g/mol. The number of rotatable bonds is 1. The number of aromatic amines is 1. The van der Waals surface area contributed by atoms with Crippen LogP contribution in [0.1, 0.15) is 0 Å². The Labute approximate surface area is 97.7 Å². The number of anilines is 1. The molecule has 1 aromatic heterocycles. The Morgan fingerprint density at radius 2 is 1.94 bits per heavy atom. The van der Waals surface area contributed by atoms with Gasteiger partial charge in [-0.05, 0) is 30.3 Å². The van der Waals surface area contributed by atoms with Gasteiger partial charge < -0.3 is 15.8 Å². The fourth-order valence-corrected chi connectivity index (χ4v) is 1.82. The zero-order chi connectivity index (χ0) is 11.8. The fraction of sp³-hybridized carbons (Fsp3) is 0. The van der Waals surface area contributed by atoms with Gasteiger partial charge in [0.1, 0.15) is 11.6 Å². The molecule has 4 heteroatoms. The molecule has 4 nitrogen and oxygen atoms in total. The van der Waals surface area contributed by atoms with Gasteiger partial charge in [0.15, 0.2) is 0 Å². The van der Waals surface area contributed by atoms with Crippen LogP contribution in [0.2, 0.25) is 0 Å². The van der Waals surface area contributed by atoms with Gasteiger partial charge in [0.25, 0.3) is 0 Å². The van der Waals surface area contributed by atoms with Crippen molar-refractivity contribution in [3.05, 3.63) is 42.5 Å². The molecule has 17 heavy (non-hydrogen) atoms. The van der Waals surface area contributed by atoms with Crippen LogP contribution >= 0.6 is 0 Å². The maximum absolute atomic E-state index is 9.76. The van der Waals surface area contributed by atoms with E-state index in [2.05, 4.69) is 9.97 Å². The third kappa shape index (κ3) is 1.59. The number of benzene rings is 2. The lowest BCUT2D eigenvalue weighted by atomic mass is 10.2. The lowest BCUT2D eigenvalue weighted by molar-refractivity contribution is 0.477. The van der Waals surface area contributed by atoms with Gasteiger partial charge in [-0.15, -0.1) is 0 Å². The first-order valence-corrected chi connectivity index (χ1v) is 5.27. The predicted molar refractivity (Wildman–Crippen MR) is 67.6 cm³/mol. The molecule has 0 spiro atoms. The molecule has 3 aromatic rings. The van der Waals surface area contributed by atoms with Crippen molar-refractivity contribution in [2.24, 2.45) is 0 Å². The first-order chi connectivity index (χ1) is 8.24. The summed E-state index contributed by atoms with van der Waals surface area (Å²) in [5.41, 5.74) is 8.75. The average Bonchev–Trinajstić information content (AvgIpc) is 2.72. The molecule has 0 bridgehead atoms. The summed E-state index contributed by atoms with van der Waals surface area (Å²) >= 11 is 0. The number of aromatic nitrogens is 2. The van der Waals surface area contributed by atoms with Crippen LogP contribution in [-0.2, 0) is 0 Å². The summed E-state index contributed by atoms with van der Waals surface area (Å²) in [6, 6.07) is 12.6. The van der Waals surface area contributed by atoms with Crippen LogP contribution in [0.5, 0.6) is 5.75 Å². The van der Waals surface area contributed by atoms with Crippen LogP contribution < -0.4 is 5.73 Å². The Bertz CT molecular complexity index is 688. The standard InChI is InChI=1S/C13H11N3O/c14-8-5-6-10-11(7-8)16-13(15-10)9-3-1-2-4-12(9)17/h1-7,17H,14H2,(H,15,16). The zero-order valence-electron chi connectivity index (χ0n) is 9.01. The number of imidazole rings is 1. The van der Waals surface area contributed by atoms with E-state index in [0.29, 0.717) is 17.1 Å². The fourth-order valence-electron chi connectivity index (χ4n) is 1.82. The van der Waals surface area contributed by atoms with Crippen molar-refractivity contribution in [3.63, 3.8) is 0 Å². The van der Waals surface area contributed by atoms with E-state index in [1.807, 2.05) is 24.3 Å². The summed E-state index contributed by atoms with van der Waals surface area (Å²) < 4.78 is 0. The van der Waals surface area contributed by atoms with Crippen molar-refractivity contribution in [2.75, 3.05) is 5.73 Å². The first-order valence-electron chi connectivity index (χ1n) is 5.27. The zero-order valence-corrected chi connectivity index (χ0v) is 9.01. The van der Waals surface area contributed by atoms with Gasteiger partial charge in [0, 0.05) is 5.69 Å². The minimum atomic E-state index is 0.208. The number of para-hydroxylation sites is 1. The lowest BCUT2D eigenvalue weighted by Crippen LogP contribution is -1.82. The summed E-state index contributed by atoms with van der Waals surface area (Å²) in [5.74, 6) is 0.850. The van der Waals surface area contributed by atoms with Crippen molar-refractivity contribution in [1.82, 2.24) is 9.97 Å². The predicted octanol–water partition coefficient (Wildman–Crippen LogP) is 2.52. The molecular weight excluding hydrogens is 214 g/mol. The second-order valence-corrected chi connectivity index (χ2v) is 3.88. The van der Waals surface area contributed by atoms with E-state index < -0.39 is 0 Å². The lowest BCUT2D eigenvalue weighted by Gasteiger charge is -1.98. The van der Waals surface area contributed by atoms with Crippen LogP contribution in [0.4, 0.5) is 5.69 Å². The summed E-state index contributed by atoms with van der Waals surface area (Å²) in [7, 11) is 0. The van der Waals surface area contributed by atoms with E-state index in [4.69, 9.17) is 5.73 Å². The number of hydrogen-bond donors (Lipinski definition) is 3. The maximum Gasteiger partial charge on any atom is 0.142 e. The Morgan fingerprint density at radius 3 is 2.76 bits per heavy atom. The number of nitrogen functional groups attached to an aromatic ring is 1. The van der Waals surface area contributed by atoms with Gasteiger partial charge in [-0.2, -0.15) is 0 Å². The quantitative estimate of drug-likeness (QED) is 0.557. The number of fused-ring (bicyclic) bond motifs is 1. The highest BCUT2D eigenvalue weighted by molar-refractivity contribution is 5.83. The smallest absolute Gasteiger partial charge is 0.142 e. The van der Waals surface area contributed by atoms with Crippen LogP contribution in [0.25, 0.3) is 22.4 Å². The molecule has 4 N–H and O–H groups in total. The van der Waals surface area contributed by atoms with Crippen molar-refractivity contribution in [2.45, 2.75) is 0 Å². The molecule has 1 heterocycles. The third-order valence-electron chi connectivity index (χ3n) is 2.67. The summed E-state index contributed by atoms with van der Waals surface area (Å²) in [5, 5.41) is 9.76. The molecule has 0 saturated carbocycles. The second-order valence-electron chi connectivity index (χ2n) is 3.88. The molecule has 2 aromatic carbocycles. The van der Waals surface area contributed by atoms with E-state index in [0.717, 1.165) is 11.0 Å². The Morgan fingerprint density at radius 1 is 1.12 bits per heavy atom. The molecule has 0 radical (unpaired) electrons. The van der Waals surface area contributed by atoms with E-state index >= 15 is 0 Å². The molecule has 0 amide bonds. The van der Waals surface area contributed by atoms with Crippen LogP contribution in [0, 0.1) is 0 Å². The molecular formula is C13H11N3O. The summed E-state index contributed by atoms with van der Waals surface area (Å²) in [6.07, 6.45) is 0. The van der Waals surface area contributed by atoms with Crippen LogP contribution in [0.3, 0.4) is 0 Å². The van der Waals surface area contributed by atoms with Crippen molar-refractivity contribution >= 4 is 16.7 Å². The number of nitrogens with two attached hydrogens (primary N) is 1. The summed E-state index contributed by atoms with van der Waals surface area (Å²) in [6.45, 7) is 0. The molecule has 0 fully saturated rings. The highest BCUT2D eigenvalue weighted by Gasteiger charge is 2.08. The number of aromatic hydroxyl groups is 1. The largest absolute Gasteiger partial charge is 0.507 e. The number of phenols is 1. The van der Waals surface area contributed by atoms with E-state index in [9.17, 15) is 5.11 Å². The Balaban J connectivity index is 2.22. The third-order valence-corrected chi connectivity index (χ3v) is 2.67. The van der Waals surface area contributed by atoms with Crippen molar-refractivity contribution in [1.29, 1.82) is 0 Å². The highest BCUT2D eigenvalue weighted by Crippen LogP contribution is 2.28. The van der Waals surface area contributed by atoms with Gasteiger partial charge in [0.05, 0.1) is 16.6 Å². The van der Waals surface area contributed by atoms with Crippen molar-refractivity contribution < 1.29 is 5.11 Å². The SMILES string of the molecule is Nc1ccc2[nH]c(-c3ccccc3O)nc2c1. The molecule has 0 atom stereocenters. The van der Waals surface area contributed by atoms with E-state index in [1.54, 1.807) is 18.2 Å². The Hall–Kier alpha value is -2.49. The molecule has 0 saturated heterocycles. The molecule has 0 aliphatic rings. The minimum Gasteiger partial charge on any atom is -0.507 e. The van der Waals surface area contributed by atoms with Gasteiger partial charge in [0.2, 0.25) is 0 Å². The molecule has 84 valence electrons. The highest BCUT2D eigenvalue weighted by atomic mass is 16.3. The normalized spacial score (nSPS) is 10.8. The monoisotopic (exact) mass is 225 g/mol. The Kier molecular flexibility index (Phi) is 2.01. The van der Waals surface area contributed by atoms with Gasteiger partial charge >= 0.3 is 0 Å².